The molecule has 0 unspecified atom stereocenters. The number of hydrogen-bond acceptors (Lipinski definition) is 4. The molecule has 0 aromatic carbocycles. The normalized spacial score (nSPS) is 12.8. The summed E-state index contributed by atoms with van der Waals surface area (Å²) in [4.78, 5) is 15.4. The fraction of sp³-hybridized carbons (Fsp3) is 0.600. The second-order valence-electron chi connectivity index (χ2n) is 3.88. The van der Waals surface area contributed by atoms with Gasteiger partial charge in [-0.25, -0.2) is 4.98 Å². The highest BCUT2D eigenvalue weighted by Gasteiger charge is 2.14. The van der Waals surface area contributed by atoms with Gasteiger partial charge < -0.3 is 15.5 Å². The number of carbonyl (C=O) groups is 1. The predicted molar refractivity (Wildman–Crippen MR) is 55.8 cm³/mol. The predicted octanol–water partition coefficient (Wildman–Crippen LogP) is 0.664. The van der Waals surface area contributed by atoms with Crippen molar-refractivity contribution >= 4 is 5.91 Å². The van der Waals surface area contributed by atoms with E-state index in [1.54, 1.807) is 0 Å². The summed E-state index contributed by atoms with van der Waals surface area (Å²) in [5.41, 5.74) is 5.69. The molecule has 0 fully saturated rings. The van der Waals surface area contributed by atoms with Gasteiger partial charge in [0, 0.05) is 0 Å². The van der Waals surface area contributed by atoms with Crippen molar-refractivity contribution in [3.8, 4) is 0 Å². The number of nitrogens with one attached hydrogen (secondary N) is 1. The lowest BCUT2D eigenvalue weighted by atomic mass is 10.0. The van der Waals surface area contributed by atoms with Crippen LogP contribution in [0, 0.1) is 5.92 Å². The lowest BCUT2D eigenvalue weighted by molar-refractivity contribution is -0.122. The SMILES string of the molecule is CC(C)C[C@H](N)C(=O)NCc1ncco1. The molecule has 1 heterocycles. The molecule has 1 rings (SSSR count). The monoisotopic (exact) mass is 211 g/mol. The van der Waals surface area contributed by atoms with E-state index in [9.17, 15) is 4.79 Å². The summed E-state index contributed by atoms with van der Waals surface area (Å²) < 4.78 is 4.98. The number of amides is 1. The number of hydrogen-bond donors (Lipinski definition) is 2. The molecule has 0 aliphatic carbocycles. The fourth-order valence-electron chi connectivity index (χ4n) is 1.25. The summed E-state index contributed by atoms with van der Waals surface area (Å²) in [6, 6.07) is -0.458. The van der Waals surface area contributed by atoms with Crippen LogP contribution in [0.5, 0.6) is 0 Å². The lowest BCUT2D eigenvalue weighted by Crippen LogP contribution is -2.41. The number of aromatic nitrogens is 1. The zero-order chi connectivity index (χ0) is 11.3. The quantitative estimate of drug-likeness (QED) is 0.749. The third-order valence-electron chi connectivity index (χ3n) is 1.96. The van der Waals surface area contributed by atoms with Crippen molar-refractivity contribution in [2.75, 3.05) is 0 Å². The van der Waals surface area contributed by atoms with Gasteiger partial charge in [0.2, 0.25) is 11.8 Å². The molecular formula is C10H17N3O2. The molecule has 0 aliphatic heterocycles. The Hall–Kier alpha value is -1.36. The van der Waals surface area contributed by atoms with Gasteiger partial charge >= 0.3 is 0 Å². The lowest BCUT2D eigenvalue weighted by Gasteiger charge is -2.13. The van der Waals surface area contributed by atoms with E-state index in [4.69, 9.17) is 10.2 Å². The second kappa shape index (κ2) is 5.50. The van der Waals surface area contributed by atoms with Gasteiger partial charge in [-0.1, -0.05) is 13.8 Å². The standard InChI is InChI=1S/C10H17N3O2/c1-7(2)5-8(11)10(14)13-6-9-12-3-4-15-9/h3-4,7-8H,5-6,11H2,1-2H3,(H,13,14)/t8-/m0/s1. The smallest absolute Gasteiger partial charge is 0.237 e. The Morgan fingerprint density at radius 1 is 1.67 bits per heavy atom. The maximum absolute atomic E-state index is 11.5. The van der Waals surface area contributed by atoms with Gasteiger partial charge in [-0.05, 0) is 12.3 Å². The molecule has 1 atom stereocenters. The summed E-state index contributed by atoms with van der Waals surface area (Å²) in [6.07, 6.45) is 3.68. The van der Waals surface area contributed by atoms with E-state index in [2.05, 4.69) is 10.3 Å². The van der Waals surface area contributed by atoms with E-state index >= 15 is 0 Å². The van der Waals surface area contributed by atoms with E-state index < -0.39 is 6.04 Å². The Balaban J connectivity index is 2.29. The number of nitrogens with zero attached hydrogens (tertiary/aromatic N) is 1. The van der Waals surface area contributed by atoms with E-state index in [-0.39, 0.29) is 12.5 Å². The number of carbonyl (C=O) groups excluding carboxylic acids is 1. The van der Waals surface area contributed by atoms with Crippen LogP contribution in [0.4, 0.5) is 0 Å². The molecule has 0 saturated carbocycles. The van der Waals surface area contributed by atoms with Gasteiger partial charge in [-0.2, -0.15) is 0 Å². The molecule has 0 saturated heterocycles. The summed E-state index contributed by atoms with van der Waals surface area (Å²) in [6.45, 7) is 4.35. The van der Waals surface area contributed by atoms with Crippen molar-refractivity contribution in [3.05, 3.63) is 18.4 Å². The maximum Gasteiger partial charge on any atom is 0.237 e. The van der Waals surface area contributed by atoms with Crippen molar-refractivity contribution < 1.29 is 9.21 Å². The number of oxazole rings is 1. The van der Waals surface area contributed by atoms with Crippen LogP contribution in [0.15, 0.2) is 16.9 Å². The van der Waals surface area contributed by atoms with E-state index in [1.165, 1.54) is 12.5 Å². The minimum atomic E-state index is -0.458. The van der Waals surface area contributed by atoms with Gasteiger partial charge in [0.15, 0.2) is 0 Å². The van der Waals surface area contributed by atoms with Crippen LogP contribution in [-0.2, 0) is 11.3 Å². The van der Waals surface area contributed by atoms with Gasteiger partial charge in [-0.15, -0.1) is 0 Å². The average Bonchev–Trinajstić information content (AvgIpc) is 2.65. The van der Waals surface area contributed by atoms with Crippen LogP contribution < -0.4 is 11.1 Å². The van der Waals surface area contributed by atoms with Gasteiger partial charge in [-0.3, -0.25) is 4.79 Å². The Bertz CT molecular complexity index is 296. The Morgan fingerprint density at radius 3 is 2.93 bits per heavy atom. The third-order valence-corrected chi connectivity index (χ3v) is 1.96. The first-order valence-electron chi connectivity index (χ1n) is 5.01. The van der Waals surface area contributed by atoms with Crippen LogP contribution in [-0.4, -0.2) is 16.9 Å². The molecule has 0 spiro atoms. The van der Waals surface area contributed by atoms with E-state index in [0.717, 1.165) is 0 Å². The first kappa shape index (κ1) is 11.7. The molecular weight excluding hydrogens is 194 g/mol. The third kappa shape index (κ3) is 4.12. The summed E-state index contributed by atoms with van der Waals surface area (Å²) in [5.74, 6) is 0.731. The molecule has 0 radical (unpaired) electrons. The minimum Gasteiger partial charge on any atom is -0.447 e. The van der Waals surface area contributed by atoms with Gasteiger partial charge in [0.1, 0.15) is 6.26 Å². The van der Waals surface area contributed by atoms with Gasteiger partial charge in [0.05, 0.1) is 18.8 Å². The Morgan fingerprint density at radius 2 is 2.40 bits per heavy atom. The molecule has 0 bridgehead atoms. The van der Waals surface area contributed by atoms with Gasteiger partial charge in [0.25, 0.3) is 0 Å². The average molecular weight is 211 g/mol. The van der Waals surface area contributed by atoms with Crippen LogP contribution in [0.25, 0.3) is 0 Å². The van der Waals surface area contributed by atoms with E-state index in [0.29, 0.717) is 18.2 Å². The van der Waals surface area contributed by atoms with Crippen LogP contribution in [0.1, 0.15) is 26.2 Å². The zero-order valence-corrected chi connectivity index (χ0v) is 9.06. The molecule has 1 aromatic heterocycles. The first-order chi connectivity index (χ1) is 7.09. The summed E-state index contributed by atoms with van der Waals surface area (Å²) >= 11 is 0. The minimum absolute atomic E-state index is 0.165. The zero-order valence-electron chi connectivity index (χ0n) is 9.06. The molecule has 5 nitrogen and oxygen atoms in total. The molecule has 5 heteroatoms. The summed E-state index contributed by atoms with van der Waals surface area (Å²) in [7, 11) is 0. The largest absolute Gasteiger partial charge is 0.447 e. The molecule has 3 N–H and O–H groups in total. The highest BCUT2D eigenvalue weighted by atomic mass is 16.3. The van der Waals surface area contributed by atoms with Crippen molar-refractivity contribution in [1.82, 2.24) is 10.3 Å². The second-order valence-corrected chi connectivity index (χ2v) is 3.88. The molecule has 1 aromatic rings. The maximum atomic E-state index is 11.5. The molecule has 84 valence electrons. The summed E-state index contributed by atoms with van der Waals surface area (Å²) in [5, 5.41) is 2.67. The van der Waals surface area contributed by atoms with Crippen LogP contribution >= 0.6 is 0 Å². The van der Waals surface area contributed by atoms with Crippen LogP contribution in [0.3, 0.4) is 0 Å². The fourth-order valence-corrected chi connectivity index (χ4v) is 1.25. The molecule has 1 amide bonds. The first-order valence-corrected chi connectivity index (χ1v) is 5.01. The number of rotatable bonds is 5. The highest BCUT2D eigenvalue weighted by molar-refractivity contribution is 5.81. The van der Waals surface area contributed by atoms with E-state index in [1.807, 2.05) is 13.8 Å². The van der Waals surface area contributed by atoms with Crippen molar-refractivity contribution in [3.63, 3.8) is 0 Å². The van der Waals surface area contributed by atoms with Crippen molar-refractivity contribution in [2.24, 2.45) is 11.7 Å². The molecule has 15 heavy (non-hydrogen) atoms. The van der Waals surface area contributed by atoms with Crippen molar-refractivity contribution in [1.29, 1.82) is 0 Å². The van der Waals surface area contributed by atoms with Crippen LogP contribution in [0.2, 0.25) is 0 Å². The topological polar surface area (TPSA) is 81.2 Å². The Kier molecular flexibility index (Phi) is 4.30. The number of nitrogens with two attached hydrogens (primary N) is 1. The van der Waals surface area contributed by atoms with Crippen molar-refractivity contribution in [2.45, 2.75) is 32.9 Å². The highest BCUT2D eigenvalue weighted by Crippen LogP contribution is 2.02. The Labute approximate surface area is 89.1 Å². The molecule has 0 aliphatic rings.